The number of aryl methyl sites for hydroxylation is 1. The molecule has 35 heavy (non-hydrogen) atoms. The molecule has 0 bridgehead atoms. The van der Waals surface area contributed by atoms with Gasteiger partial charge in [0.05, 0.1) is 31.6 Å². The van der Waals surface area contributed by atoms with Gasteiger partial charge < -0.3 is 14.8 Å². The Kier molecular flexibility index (Phi) is 5.62. The molecule has 2 aliphatic heterocycles. The van der Waals surface area contributed by atoms with Crippen LogP contribution in [0.2, 0.25) is 0 Å². The second-order valence-electron chi connectivity index (χ2n) is 9.22. The van der Waals surface area contributed by atoms with Crippen molar-refractivity contribution < 1.29 is 13.9 Å². The lowest BCUT2D eigenvalue weighted by atomic mass is 10.0. The Balaban J connectivity index is 1.29. The Labute approximate surface area is 203 Å². The summed E-state index contributed by atoms with van der Waals surface area (Å²) in [6.07, 6.45) is 4.50. The van der Waals surface area contributed by atoms with E-state index in [4.69, 9.17) is 14.5 Å². The predicted molar refractivity (Wildman–Crippen MR) is 132 cm³/mol. The number of ether oxygens (including phenoxy) is 2. The molecule has 0 saturated carbocycles. The Hall–Kier alpha value is -3.49. The van der Waals surface area contributed by atoms with Crippen LogP contribution in [-0.2, 0) is 17.7 Å². The first kappa shape index (κ1) is 22.0. The van der Waals surface area contributed by atoms with Crippen LogP contribution in [0, 0.1) is 12.7 Å². The number of nitrogens with zero attached hydrogens (tertiary/aromatic N) is 4. The Bertz CT molecular complexity index is 1380. The van der Waals surface area contributed by atoms with Crippen molar-refractivity contribution >= 4 is 11.6 Å². The fraction of sp³-hybridized carbons (Fsp3) is 0.333. The Morgan fingerprint density at radius 2 is 2.00 bits per heavy atom. The van der Waals surface area contributed by atoms with Gasteiger partial charge in [-0.15, -0.1) is 0 Å². The molecule has 4 aromatic rings. The highest BCUT2D eigenvalue weighted by Gasteiger charge is 2.22. The molecule has 0 radical (unpaired) electrons. The van der Waals surface area contributed by atoms with E-state index in [0.717, 1.165) is 53.4 Å². The lowest BCUT2D eigenvalue weighted by molar-refractivity contribution is 0.00506. The van der Waals surface area contributed by atoms with Crippen molar-refractivity contribution in [3.05, 3.63) is 77.0 Å². The number of aromatic nitrogens is 3. The lowest BCUT2D eigenvalue weighted by Crippen LogP contribution is -2.36. The number of morpholine rings is 1. The minimum atomic E-state index is -0.231. The van der Waals surface area contributed by atoms with E-state index < -0.39 is 0 Å². The molecule has 1 N–H and O–H groups in total. The Morgan fingerprint density at radius 3 is 2.83 bits per heavy atom. The zero-order valence-electron chi connectivity index (χ0n) is 19.9. The van der Waals surface area contributed by atoms with Gasteiger partial charge in [-0.25, -0.2) is 14.4 Å². The molecule has 2 aromatic heterocycles. The molecule has 1 atom stereocenters. The maximum absolute atomic E-state index is 14.6. The molecular formula is C27H28FN5O2. The summed E-state index contributed by atoms with van der Waals surface area (Å²) in [6, 6.07) is 12.0. The van der Waals surface area contributed by atoms with Gasteiger partial charge in [0.15, 0.2) is 0 Å². The first-order valence-electron chi connectivity index (χ1n) is 12.0. The standard InChI is InChI=1S/C27H28FN5O2/c1-17-15-33-26(31-17)21(18-3-5-19(6-4-18)24-16-34-12-10-32(24)2)13-29-27(33)30-14-22-20-9-11-35-25(20)8-7-23(22)28/h3-8,13,15,24H,9-12,14,16H2,1-2H3,(H,29,30). The smallest absolute Gasteiger partial charge is 0.208 e. The Morgan fingerprint density at radius 1 is 1.14 bits per heavy atom. The molecule has 8 heteroatoms. The number of imidazole rings is 1. The normalized spacial score (nSPS) is 18.0. The highest BCUT2D eigenvalue weighted by Crippen LogP contribution is 2.32. The van der Waals surface area contributed by atoms with E-state index in [9.17, 15) is 4.39 Å². The fourth-order valence-corrected chi connectivity index (χ4v) is 5.03. The number of rotatable bonds is 5. The third kappa shape index (κ3) is 4.02. The van der Waals surface area contributed by atoms with Crippen LogP contribution < -0.4 is 10.1 Å². The fourth-order valence-electron chi connectivity index (χ4n) is 5.03. The number of halogens is 1. The molecule has 2 aromatic carbocycles. The van der Waals surface area contributed by atoms with Crippen molar-refractivity contribution in [3.63, 3.8) is 0 Å². The SMILES string of the molecule is Cc1cn2c(NCc3c(F)ccc4c3CCO4)ncc(-c3ccc(C4COCCN4C)cc3)c2n1. The van der Waals surface area contributed by atoms with E-state index in [1.165, 1.54) is 11.6 Å². The molecule has 180 valence electrons. The van der Waals surface area contributed by atoms with Crippen LogP contribution in [0.5, 0.6) is 5.75 Å². The summed E-state index contributed by atoms with van der Waals surface area (Å²) < 4.78 is 27.8. The van der Waals surface area contributed by atoms with Crippen molar-refractivity contribution in [2.45, 2.75) is 25.9 Å². The van der Waals surface area contributed by atoms with E-state index in [0.29, 0.717) is 31.3 Å². The molecule has 1 unspecified atom stereocenters. The second kappa shape index (κ2) is 8.94. The summed E-state index contributed by atoms with van der Waals surface area (Å²) in [5, 5.41) is 3.32. The average molecular weight is 474 g/mol. The zero-order chi connectivity index (χ0) is 23.9. The van der Waals surface area contributed by atoms with E-state index >= 15 is 0 Å². The molecule has 0 aliphatic carbocycles. The maximum Gasteiger partial charge on any atom is 0.208 e. The van der Waals surface area contributed by atoms with Crippen molar-refractivity contribution in [1.82, 2.24) is 19.3 Å². The number of benzene rings is 2. The van der Waals surface area contributed by atoms with Gasteiger partial charge in [0.1, 0.15) is 17.2 Å². The van der Waals surface area contributed by atoms with Crippen LogP contribution in [0.4, 0.5) is 10.3 Å². The van der Waals surface area contributed by atoms with Crippen LogP contribution >= 0.6 is 0 Å². The first-order valence-corrected chi connectivity index (χ1v) is 12.0. The molecule has 1 fully saturated rings. The monoisotopic (exact) mass is 473 g/mol. The van der Waals surface area contributed by atoms with Crippen LogP contribution in [0.15, 0.2) is 48.8 Å². The second-order valence-corrected chi connectivity index (χ2v) is 9.22. The maximum atomic E-state index is 14.6. The molecule has 0 amide bonds. The molecule has 6 rings (SSSR count). The average Bonchev–Trinajstić information content (AvgIpc) is 3.50. The van der Waals surface area contributed by atoms with Gasteiger partial charge in [-0.1, -0.05) is 24.3 Å². The van der Waals surface area contributed by atoms with Crippen molar-refractivity contribution in [2.75, 3.05) is 38.7 Å². The van der Waals surface area contributed by atoms with Gasteiger partial charge in [0.2, 0.25) is 5.95 Å². The molecule has 4 heterocycles. The largest absolute Gasteiger partial charge is 0.493 e. The van der Waals surface area contributed by atoms with Gasteiger partial charge in [-0.05, 0) is 37.2 Å². The molecular weight excluding hydrogens is 445 g/mol. The summed E-state index contributed by atoms with van der Waals surface area (Å²) >= 11 is 0. The van der Waals surface area contributed by atoms with Crippen LogP contribution in [0.3, 0.4) is 0 Å². The van der Waals surface area contributed by atoms with Gasteiger partial charge in [-0.3, -0.25) is 9.30 Å². The molecule has 2 aliphatic rings. The topological polar surface area (TPSA) is 63.9 Å². The summed E-state index contributed by atoms with van der Waals surface area (Å²) in [7, 11) is 2.14. The third-order valence-corrected chi connectivity index (χ3v) is 6.98. The summed E-state index contributed by atoms with van der Waals surface area (Å²) in [4.78, 5) is 11.8. The van der Waals surface area contributed by atoms with Crippen LogP contribution in [0.25, 0.3) is 16.8 Å². The molecule has 0 spiro atoms. The molecule has 7 nitrogen and oxygen atoms in total. The van der Waals surface area contributed by atoms with Gasteiger partial charge in [0, 0.05) is 48.6 Å². The number of fused-ring (bicyclic) bond motifs is 2. The van der Waals surface area contributed by atoms with Crippen LogP contribution in [-0.4, -0.2) is 52.7 Å². The minimum absolute atomic E-state index is 0.231. The number of anilines is 1. The van der Waals surface area contributed by atoms with Crippen LogP contribution in [0.1, 0.15) is 28.4 Å². The summed E-state index contributed by atoms with van der Waals surface area (Å²) in [5.41, 5.74) is 6.49. The van der Waals surface area contributed by atoms with Gasteiger partial charge in [0.25, 0.3) is 0 Å². The van der Waals surface area contributed by atoms with Gasteiger partial charge >= 0.3 is 0 Å². The van der Waals surface area contributed by atoms with E-state index in [1.807, 2.05) is 23.7 Å². The number of hydrogen-bond acceptors (Lipinski definition) is 6. The minimum Gasteiger partial charge on any atom is -0.493 e. The summed E-state index contributed by atoms with van der Waals surface area (Å²) in [5.74, 6) is 1.16. The highest BCUT2D eigenvalue weighted by molar-refractivity contribution is 5.78. The number of likely N-dealkylation sites (N-methyl/N-ethyl adjacent to an activating group) is 1. The predicted octanol–water partition coefficient (Wildman–Crippen LogP) is 4.39. The van der Waals surface area contributed by atoms with E-state index in [1.54, 1.807) is 6.07 Å². The third-order valence-electron chi connectivity index (χ3n) is 6.98. The lowest BCUT2D eigenvalue weighted by Gasteiger charge is -2.32. The van der Waals surface area contributed by atoms with E-state index in [2.05, 4.69) is 46.5 Å². The first-order chi connectivity index (χ1) is 17.1. The van der Waals surface area contributed by atoms with Crippen molar-refractivity contribution in [2.24, 2.45) is 0 Å². The van der Waals surface area contributed by atoms with E-state index in [-0.39, 0.29) is 11.9 Å². The number of hydrogen-bond donors (Lipinski definition) is 1. The highest BCUT2D eigenvalue weighted by atomic mass is 19.1. The number of nitrogens with one attached hydrogen (secondary N) is 1. The summed E-state index contributed by atoms with van der Waals surface area (Å²) in [6.45, 7) is 5.29. The van der Waals surface area contributed by atoms with Gasteiger partial charge in [-0.2, -0.15) is 0 Å². The quantitative estimate of drug-likeness (QED) is 0.464. The van der Waals surface area contributed by atoms with Crippen molar-refractivity contribution in [3.8, 4) is 16.9 Å². The van der Waals surface area contributed by atoms with Crippen molar-refractivity contribution in [1.29, 1.82) is 0 Å². The molecule has 1 saturated heterocycles. The zero-order valence-corrected chi connectivity index (χ0v) is 19.9.